The minimum Gasteiger partial charge on any atom is -0.454 e. The molecule has 3 aromatic rings. The summed E-state index contributed by atoms with van der Waals surface area (Å²) in [6.07, 6.45) is 1.65. The van der Waals surface area contributed by atoms with Gasteiger partial charge < -0.3 is 14.2 Å². The van der Waals surface area contributed by atoms with Gasteiger partial charge in [-0.25, -0.2) is 9.79 Å². The van der Waals surface area contributed by atoms with E-state index in [0.717, 1.165) is 15.6 Å². The molecule has 3 heterocycles. The molecule has 2 aliphatic rings. The van der Waals surface area contributed by atoms with Crippen molar-refractivity contribution >= 4 is 51.0 Å². The SMILES string of the molecule is O=C1OC(c2sc3ccccc3c2Cl)=N/C1=C/c1ccc2c(c1)OCO2. The van der Waals surface area contributed by atoms with Gasteiger partial charge in [-0.2, -0.15) is 0 Å². The van der Waals surface area contributed by atoms with Crippen molar-refractivity contribution < 1.29 is 19.0 Å². The molecule has 0 saturated carbocycles. The Balaban J connectivity index is 1.54. The maximum atomic E-state index is 12.2. The highest BCUT2D eigenvalue weighted by Gasteiger charge is 2.28. The van der Waals surface area contributed by atoms with Crippen LogP contribution in [0, 0.1) is 0 Å². The average molecular weight is 384 g/mol. The lowest BCUT2D eigenvalue weighted by Gasteiger charge is -1.97. The second-order valence-corrected chi connectivity index (χ2v) is 7.12. The van der Waals surface area contributed by atoms with Gasteiger partial charge in [-0.3, -0.25) is 0 Å². The van der Waals surface area contributed by atoms with E-state index in [9.17, 15) is 4.79 Å². The molecule has 0 bridgehead atoms. The van der Waals surface area contributed by atoms with Crippen molar-refractivity contribution in [1.29, 1.82) is 0 Å². The lowest BCUT2D eigenvalue weighted by molar-refractivity contribution is -0.129. The number of hydrogen-bond acceptors (Lipinski definition) is 6. The number of ether oxygens (including phenoxy) is 3. The molecular formula is C19H10ClNO4S. The van der Waals surface area contributed by atoms with Gasteiger partial charge in [0.2, 0.25) is 12.7 Å². The fourth-order valence-corrected chi connectivity index (χ4v) is 4.26. The zero-order chi connectivity index (χ0) is 17.7. The Labute approximate surface area is 157 Å². The first kappa shape index (κ1) is 15.4. The van der Waals surface area contributed by atoms with Crippen LogP contribution in [0.2, 0.25) is 5.02 Å². The van der Waals surface area contributed by atoms with E-state index in [-0.39, 0.29) is 18.4 Å². The van der Waals surface area contributed by atoms with Crippen LogP contribution in [0.3, 0.4) is 0 Å². The number of thiophene rings is 1. The molecule has 0 N–H and O–H groups in total. The first-order valence-electron chi connectivity index (χ1n) is 7.79. The molecule has 5 nitrogen and oxygen atoms in total. The molecule has 1 aromatic heterocycles. The lowest BCUT2D eigenvalue weighted by atomic mass is 10.1. The van der Waals surface area contributed by atoms with Crippen LogP contribution in [0.25, 0.3) is 16.2 Å². The highest BCUT2D eigenvalue weighted by molar-refractivity contribution is 7.21. The Hall–Kier alpha value is -2.83. The monoisotopic (exact) mass is 383 g/mol. The summed E-state index contributed by atoms with van der Waals surface area (Å²) in [7, 11) is 0. The summed E-state index contributed by atoms with van der Waals surface area (Å²) < 4.78 is 17.0. The molecule has 5 rings (SSSR count). The summed E-state index contributed by atoms with van der Waals surface area (Å²) in [6, 6.07) is 13.2. The Morgan fingerprint density at radius 1 is 1.12 bits per heavy atom. The van der Waals surface area contributed by atoms with Crippen LogP contribution in [0.5, 0.6) is 11.5 Å². The van der Waals surface area contributed by atoms with Crippen molar-refractivity contribution in [2.24, 2.45) is 4.99 Å². The Bertz CT molecular complexity index is 1130. The van der Waals surface area contributed by atoms with E-state index in [0.29, 0.717) is 21.4 Å². The number of aliphatic imine (C=N–C) groups is 1. The summed E-state index contributed by atoms with van der Waals surface area (Å²) in [5.74, 6) is 1.05. The summed E-state index contributed by atoms with van der Waals surface area (Å²) in [5, 5.41) is 1.46. The number of carbonyl (C=O) groups is 1. The van der Waals surface area contributed by atoms with Crippen LogP contribution in [-0.2, 0) is 9.53 Å². The maximum Gasteiger partial charge on any atom is 0.363 e. The first-order chi connectivity index (χ1) is 12.7. The molecule has 26 heavy (non-hydrogen) atoms. The smallest absolute Gasteiger partial charge is 0.363 e. The van der Waals surface area contributed by atoms with Gasteiger partial charge in [0.05, 0.1) is 5.02 Å². The Kier molecular flexibility index (Phi) is 3.48. The summed E-state index contributed by atoms with van der Waals surface area (Å²) >= 11 is 7.89. The standard InChI is InChI=1S/C19H10ClNO4S/c20-16-11-3-1-2-4-15(11)26-17(16)18-21-12(19(22)25-18)7-10-5-6-13-14(8-10)24-9-23-13/h1-8H,9H2/b12-7+. The van der Waals surface area contributed by atoms with Gasteiger partial charge in [-0.15, -0.1) is 11.3 Å². The van der Waals surface area contributed by atoms with Crippen molar-refractivity contribution in [3.8, 4) is 11.5 Å². The van der Waals surface area contributed by atoms with Gasteiger partial charge >= 0.3 is 5.97 Å². The summed E-state index contributed by atoms with van der Waals surface area (Å²) in [5.41, 5.74) is 0.987. The van der Waals surface area contributed by atoms with Crippen molar-refractivity contribution in [2.45, 2.75) is 0 Å². The summed E-state index contributed by atoms with van der Waals surface area (Å²) in [4.78, 5) is 17.2. The number of fused-ring (bicyclic) bond motifs is 2. The van der Waals surface area contributed by atoms with Crippen molar-refractivity contribution in [3.05, 3.63) is 63.6 Å². The number of carbonyl (C=O) groups excluding carboxylic acids is 1. The largest absolute Gasteiger partial charge is 0.454 e. The minimum atomic E-state index is -0.508. The number of cyclic esters (lactones) is 1. The molecule has 0 radical (unpaired) electrons. The molecule has 0 saturated heterocycles. The molecule has 7 heteroatoms. The number of hydrogen-bond donors (Lipinski definition) is 0. The quantitative estimate of drug-likeness (QED) is 0.478. The van der Waals surface area contributed by atoms with Crippen LogP contribution in [0.4, 0.5) is 0 Å². The van der Waals surface area contributed by atoms with Gasteiger partial charge in [-0.05, 0) is 29.8 Å². The fourth-order valence-electron chi connectivity index (χ4n) is 2.82. The molecule has 2 aromatic carbocycles. The molecule has 2 aliphatic heterocycles. The van der Waals surface area contributed by atoms with Crippen LogP contribution in [-0.4, -0.2) is 18.7 Å². The van der Waals surface area contributed by atoms with E-state index in [2.05, 4.69) is 4.99 Å². The normalized spacial score (nSPS) is 17.0. The van der Waals surface area contributed by atoms with E-state index < -0.39 is 5.97 Å². The van der Waals surface area contributed by atoms with E-state index in [4.69, 9.17) is 25.8 Å². The molecule has 128 valence electrons. The molecular weight excluding hydrogens is 374 g/mol. The van der Waals surface area contributed by atoms with Crippen LogP contribution in [0.1, 0.15) is 10.4 Å². The predicted molar refractivity (Wildman–Crippen MR) is 100 cm³/mol. The second-order valence-electron chi connectivity index (χ2n) is 5.69. The summed E-state index contributed by atoms with van der Waals surface area (Å²) in [6.45, 7) is 0.199. The Morgan fingerprint density at radius 3 is 2.85 bits per heavy atom. The van der Waals surface area contributed by atoms with Crippen molar-refractivity contribution in [3.63, 3.8) is 0 Å². The number of benzene rings is 2. The Morgan fingerprint density at radius 2 is 1.96 bits per heavy atom. The van der Waals surface area contributed by atoms with Crippen molar-refractivity contribution in [1.82, 2.24) is 0 Å². The fraction of sp³-hybridized carbons (Fsp3) is 0.0526. The third kappa shape index (κ3) is 2.46. The number of esters is 1. The van der Waals surface area contributed by atoms with Crippen LogP contribution < -0.4 is 9.47 Å². The van der Waals surface area contributed by atoms with Crippen molar-refractivity contribution in [2.75, 3.05) is 6.79 Å². The molecule has 0 fully saturated rings. The highest BCUT2D eigenvalue weighted by Crippen LogP contribution is 2.38. The first-order valence-corrected chi connectivity index (χ1v) is 8.98. The van der Waals surface area contributed by atoms with E-state index >= 15 is 0 Å². The number of nitrogens with zero attached hydrogens (tertiary/aromatic N) is 1. The van der Waals surface area contributed by atoms with Gasteiger partial charge in [0.25, 0.3) is 0 Å². The lowest BCUT2D eigenvalue weighted by Crippen LogP contribution is -2.04. The topological polar surface area (TPSA) is 57.1 Å². The van der Waals surface area contributed by atoms with Crippen LogP contribution >= 0.6 is 22.9 Å². The van der Waals surface area contributed by atoms with E-state index in [1.165, 1.54) is 11.3 Å². The van der Waals surface area contributed by atoms with Gasteiger partial charge in [0, 0.05) is 10.1 Å². The maximum absolute atomic E-state index is 12.2. The minimum absolute atomic E-state index is 0.199. The predicted octanol–water partition coefficient (Wildman–Crippen LogP) is 4.63. The van der Waals surface area contributed by atoms with Crippen LogP contribution in [0.15, 0.2) is 53.2 Å². The van der Waals surface area contributed by atoms with Gasteiger partial charge in [0.1, 0.15) is 4.88 Å². The van der Waals surface area contributed by atoms with E-state index in [1.54, 1.807) is 18.2 Å². The average Bonchev–Trinajstić information content (AvgIpc) is 3.33. The third-order valence-electron chi connectivity index (χ3n) is 4.05. The zero-order valence-corrected chi connectivity index (χ0v) is 14.8. The molecule has 0 amide bonds. The number of halogens is 1. The molecule has 0 aliphatic carbocycles. The van der Waals surface area contributed by atoms with Gasteiger partial charge in [-0.1, -0.05) is 35.9 Å². The number of rotatable bonds is 2. The second kappa shape index (κ2) is 5.86. The third-order valence-corrected chi connectivity index (χ3v) is 5.71. The molecule has 0 spiro atoms. The molecule has 0 unspecified atom stereocenters. The van der Waals surface area contributed by atoms with E-state index in [1.807, 2.05) is 30.3 Å². The molecule has 0 atom stereocenters. The highest BCUT2D eigenvalue weighted by atomic mass is 35.5. The zero-order valence-electron chi connectivity index (χ0n) is 13.2. The van der Waals surface area contributed by atoms with Gasteiger partial charge in [0.15, 0.2) is 17.2 Å².